The van der Waals surface area contributed by atoms with Gasteiger partial charge in [-0.1, -0.05) is 18.2 Å². The number of primary amides is 1. The number of benzene rings is 2. The van der Waals surface area contributed by atoms with E-state index in [2.05, 4.69) is 37.2 Å². The number of carbonyl (C=O) groups is 4. The van der Waals surface area contributed by atoms with E-state index >= 15 is 0 Å². The molecule has 0 aromatic heterocycles. The smallest absolute Gasteiger partial charge is 0.410 e. The van der Waals surface area contributed by atoms with Crippen LogP contribution in [0.5, 0.6) is 5.75 Å². The number of fused-ring (bicyclic) bond motifs is 1. The Kier molecular flexibility index (Phi) is 12.7. The molecule has 3 saturated heterocycles. The van der Waals surface area contributed by atoms with Gasteiger partial charge in [-0.2, -0.15) is 0 Å². The SMILES string of the molecule is COC(C(N)=O)N1CCC(C2CCN(C(=O)[C@@H](Cc3cc(Br)c(O)c(Br)c3)OC(=O)N3CCC(N4CCc5ccccc5NC4=O)CC3)CC2)CC1. The Hall–Kier alpha value is -3.40. The number of nitrogens with one attached hydrogen (secondary N) is 1. The van der Waals surface area contributed by atoms with Crippen molar-refractivity contribution in [2.75, 3.05) is 58.2 Å². The Bertz CT molecular complexity index is 1600. The summed E-state index contributed by atoms with van der Waals surface area (Å²) in [4.78, 5) is 60.0. The van der Waals surface area contributed by atoms with Crippen LogP contribution in [-0.4, -0.2) is 120 Å². The predicted molar refractivity (Wildman–Crippen MR) is 202 cm³/mol. The van der Waals surface area contributed by atoms with Crippen molar-refractivity contribution in [3.63, 3.8) is 0 Å². The molecule has 4 heterocycles. The van der Waals surface area contributed by atoms with Crippen LogP contribution in [0.3, 0.4) is 0 Å². The molecule has 4 aliphatic rings. The average molecular weight is 849 g/mol. The highest BCUT2D eigenvalue weighted by atomic mass is 79.9. The average Bonchev–Trinajstić information content (AvgIpc) is 3.31. The van der Waals surface area contributed by atoms with E-state index in [1.165, 1.54) is 7.11 Å². The molecule has 6 rings (SSSR count). The molecule has 0 spiro atoms. The van der Waals surface area contributed by atoms with Gasteiger partial charge in [0.1, 0.15) is 5.75 Å². The summed E-state index contributed by atoms with van der Waals surface area (Å²) in [7, 11) is 1.50. The lowest BCUT2D eigenvalue weighted by Gasteiger charge is -2.42. The number of likely N-dealkylation sites (tertiary alicyclic amines) is 3. The fourth-order valence-corrected chi connectivity index (χ4v) is 9.57. The summed E-state index contributed by atoms with van der Waals surface area (Å²) in [6.07, 6.45) is 3.37. The molecule has 3 fully saturated rings. The number of piperidine rings is 3. The third-order valence-electron chi connectivity index (χ3n) is 11.2. The number of anilines is 1. The molecule has 282 valence electrons. The number of phenols is 1. The number of para-hydroxylation sites is 1. The van der Waals surface area contributed by atoms with Gasteiger partial charge in [-0.25, -0.2) is 9.59 Å². The molecule has 4 aliphatic heterocycles. The molecule has 0 saturated carbocycles. The van der Waals surface area contributed by atoms with E-state index in [-0.39, 0.29) is 30.2 Å². The number of urea groups is 1. The standard InChI is InChI=1S/C37H48Br2N6O7/c1-51-35(33(40)47)43-15-8-25(9-16-43)24-6-13-42(14-7-24)34(48)31(22-23-20-28(38)32(46)29(39)21-23)52-37(50)44-17-11-27(12-18-44)45-19-10-26-4-2-3-5-30(26)41-36(45)49/h2-5,20-21,24-25,27,31,35,46H,6-19,22H2,1H3,(H2,40,47)(H,41,49)/t31-,35?/m1/s1. The molecule has 5 amide bonds. The summed E-state index contributed by atoms with van der Waals surface area (Å²) in [6.45, 7) is 4.02. The number of carbonyl (C=O) groups excluding carboxylic acids is 4. The monoisotopic (exact) mass is 846 g/mol. The van der Waals surface area contributed by atoms with E-state index in [0.29, 0.717) is 66.3 Å². The lowest BCUT2D eigenvalue weighted by Crippen LogP contribution is -2.52. The maximum atomic E-state index is 14.1. The van der Waals surface area contributed by atoms with Crippen LogP contribution < -0.4 is 11.1 Å². The third kappa shape index (κ3) is 8.86. The van der Waals surface area contributed by atoms with Crippen molar-refractivity contribution < 1.29 is 33.8 Å². The summed E-state index contributed by atoms with van der Waals surface area (Å²) in [5.41, 5.74) is 8.18. The Morgan fingerprint density at radius 1 is 0.904 bits per heavy atom. The van der Waals surface area contributed by atoms with Crippen LogP contribution in [0.15, 0.2) is 45.3 Å². The lowest BCUT2D eigenvalue weighted by atomic mass is 9.78. The predicted octanol–water partition coefficient (Wildman–Crippen LogP) is 4.93. The molecule has 0 bridgehead atoms. The first-order valence-electron chi connectivity index (χ1n) is 18.1. The van der Waals surface area contributed by atoms with Gasteiger partial charge >= 0.3 is 12.1 Å². The molecule has 13 nitrogen and oxygen atoms in total. The Morgan fingerprint density at radius 2 is 1.50 bits per heavy atom. The molecule has 2 aromatic carbocycles. The maximum absolute atomic E-state index is 14.1. The summed E-state index contributed by atoms with van der Waals surface area (Å²) in [6, 6.07) is 11.2. The van der Waals surface area contributed by atoms with Crippen molar-refractivity contribution in [1.82, 2.24) is 19.6 Å². The van der Waals surface area contributed by atoms with Crippen LogP contribution in [0.4, 0.5) is 15.3 Å². The van der Waals surface area contributed by atoms with Crippen LogP contribution in [0, 0.1) is 11.8 Å². The molecular formula is C37H48Br2N6O7. The minimum Gasteiger partial charge on any atom is -0.506 e. The van der Waals surface area contributed by atoms with Crippen molar-refractivity contribution in [2.24, 2.45) is 17.6 Å². The van der Waals surface area contributed by atoms with Crippen LogP contribution in [0.1, 0.15) is 49.7 Å². The van der Waals surface area contributed by atoms with Crippen LogP contribution in [0.2, 0.25) is 0 Å². The summed E-state index contributed by atoms with van der Waals surface area (Å²) in [5.74, 6) is 0.272. The highest BCUT2D eigenvalue weighted by molar-refractivity contribution is 9.11. The number of hydrogen-bond donors (Lipinski definition) is 3. The first-order valence-corrected chi connectivity index (χ1v) is 19.7. The first kappa shape index (κ1) is 38.3. The molecule has 0 radical (unpaired) electrons. The molecule has 15 heteroatoms. The molecule has 2 atom stereocenters. The largest absolute Gasteiger partial charge is 0.506 e. The third-order valence-corrected chi connectivity index (χ3v) is 12.4. The van der Waals surface area contributed by atoms with Gasteiger partial charge < -0.3 is 40.3 Å². The van der Waals surface area contributed by atoms with Crippen molar-refractivity contribution in [3.8, 4) is 5.75 Å². The summed E-state index contributed by atoms with van der Waals surface area (Å²) in [5, 5.41) is 13.3. The Balaban J connectivity index is 1.06. The van der Waals surface area contributed by atoms with Gasteiger partial charge in [0.25, 0.3) is 11.8 Å². The van der Waals surface area contributed by atoms with Crippen LogP contribution >= 0.6 is 31.9 Å². The minimum atomic E-state index is -1.05. The number of hydrogen-bond acceptors (Lipinski definition) is 8. The molecule has 2 aromatic rings. The lowest BCUT2D eigenvalue weighted by molar-refractivity contribution is -0.143. The maximum Gasteiger partial charge on any atom is 0.410 e. The van der Waals surface area contributed by atoms with E-state index in [0.717, 1.165) is 62.0 Å². The number of amides is 5. The van der Waals surface area contributed by atoms with Crippen LogP contribution in [0.25, 0.3) is 0 Å². The molecular weight excluding hydrogens is 800 g/mol. The van der Waals surface area contributed by atoms with E-state index in [1.807, 2.05) is 39.0 Å². The Labute approximate surface area is 321 Å². The zero-order valence-corrected chi connectivity index (χ0v) is 32.6. The van der Waals surface area contributed by atoms with E-state index in [9.17, 15) is 24.3 Å². The normalized spacial score (nSPS) is 20.8. The van der Waals surface area contributed by atoms with Crippen LogP contribution in [-0.2, 0) is 31.9 Å². The molecule has 1 unspecified atom stereocenters. The van der Waals surface area contributed by atoms with Gasteiger partial charge in [0.15, 0.2) is 12.3 Å². The van der Waals surface area contributed by atoms with E-state index < -0.39 is 24.3 Å². The number of rotatable bonds is 9. The number of nitrogens with zero attached hydrogens (tertiary/aromatic N) is 4. The van der Waals surface area contributed by atoms with E-state index in [1.54, 1.807) is 17.0 Å². The second-order valence-corrected chi connectivity index (χ2v) is 16.0. The van der Waals surface area contributed by atoms with E-state index in [4.69, 9.17) is 15.2 Å². The first-order chi connectivity index (χ1) is 25.0. The molecule has 4 N–H and O–H groups in total. The van der Waals surface area contributed by atoms with Gasteiger partial charge in [0, 0.05) is 71.1 Å². The van der Waals surface area contributed by atoms with Gasteiger partial charge in [-0.15, -0.1) is 0 Å². The minimum absolute atomic E-state index is 0.0134. The molecule has 52 heavy (non-hydrogen) atoms. The topological polar surface area (TPSA) is 158 Å². The molecule has 0 aliphatic carbocycles. The van der Waals surface area contributed by atoms with Gasteiger partial charge in [-0.3, -0.25) is 14.5 Å². The number of nitrogens with two attached hydrogens (primary N) is 1. The van der Waals surface area contributed by atoms with Gasteiger partial charge in [0.2, 0.25) is 0 Å². The number of methoxy groups -OCH3 is 1. The van der Waals surface area contributed by atoms with Crippen molar-refractivity contribution in [1.29, 1.82) is 0 Å². The zero-order chi connectivity index (χ0) is 36.9. The summed E-state index contributed by atoms with van der Waals surface area (Å²) < 4.78 is 12.3. The zero-order valence-electron chi connectivity index (χ0n) is 29.5. The quantitative estimate of drug-likeness (QED) is 0.321. The highest BCUT2D eigenvalue weighted by Crippen LogP contribution is 2.36. The second kappa shape index (κ2) is 17.2. The number of ether oxygens (including phenoxy) is 2. The number of aromatic hydroxyl groups is 1. The fourth-order valence-electron chi connectivity index (χ4n) is 8.29. The van der Waals surface area contributed by atoms with Crippen molar-refractivity contribution in [2.45, 2.75) is 69.7 Å². The number of phenolic OH excluding ortho intramolecular Hbond substituents is 1. The Morgan fingerprint density at radius 3 is 2.12 bits per heavy atom. The van der Waals surface area contributed by atoms with Gasteiger partial charge in [-0.05, 0) is 118 Å². The number of halogens is 2. The summed E-state index contributed by atoms with van der Waals surface area (Å²) >= 11 is 6.76. The van der Waals surface area contributed by atoms with Crippen molar-refractivity contribution >= 4 is 61.5 Å². The van der Waals surface area contributed by atoms with Gasteiger partial charge in [0.05, 0.1) is 8.95 Å². The highest BCUT2D eigenvalue weighted by Gasteiger charge is 2.38. The second-order valence-electron chi connectivity index (χ2n) is 14.3. The van der Waals surface area contributed by atoms with Crippen molar-refractivity contribution in [3.05, 3.63) is 56.5 Å². The fraction of sp³-hybridized carbons (Fsp3) is 0.568.